The first-order valence-corrected chi connectivity index (χ1v) is 10.8. The lowest BCUT2D eigenvalue weighted by molar-refractivity contribution is 0.603. The molecule has 0 spiro atoms. The van der Waals surface area contributed by atoms with Crippen molar-refractivity contribution in [2.45, 2.75) is 63.1 Å². The molecule has 100 valence electrons. The average Bonchev–Trinajstić information content (AvgIpc) is 2.41. The van der Waals surface area contributed by atoms with Gasteiger partial charge >= 0.3 is 0 Å². The highest BCUT2D eigenvalue weighted by Gasteiger charge is 2.22. The Morgan fingerprint density at radius 1 is 1.11 bits per heavy atom. The second-order valence-electron chi connectivity index (χ2n) is 5.76. The van der Waals surface area contributed by atoms with E-state index in [1.165, 1.54) is 36.6 Å². The van der Waals surface area contributed by atoms with Crippen molar-refractivity contribution in [2.75, 3.05) is 0 Å². The lowest BCUT2D eigenvalue weighted by Crippen LogP contribution is -2.20. The summed E-state index contributed by atoms with van der Waals surface area (Å²) in [7, 11) is -0.339. The molecular weight excluding hydrogens is 300 g/mol. The van der Waals surface area contributed by atoms with E-state index in [0.717, 1.165) is 5.92 Å². The van der Waals surface area contributed by atoms with Gasteiger partial charge in [0.15, 0.2) is 0 Å². The molecule has 1 heterocycles. The van der Waals surface area contributed by atoms with Gasteiger partial charge in [0, 0.05) is 13.3 Å². The second kappa shape index (κ2) is 7.49. The zero-order chi connectivity index (χ0) is 12.8. The van der Waals surface area contributed by atoms with E-state index in [9.17, 15) is 0 Å². The Morgan fingerprint density at radius 2 is 1.78 bits per heavy atom. The molecule has 18 heavy (non-hydrogen) atoms. The molecule has 0 radical (unpaired) electrons. The third-order valence-electron chi connectivity index (χ3n) is 4.40. The number of hydrogen-bond acceptors (Lipinski definition) is 0. The maximum Gasteiger partial charge on any atom is 0.0368 e. The zero-order valence-electron chi connectivity index (χ0n) is 11.5. The lowest BCUT2D eigenvalue weighted by atomic mass is 9.94. The number of unbranched alkanes of at least 4 members (excludes halogenated alkanes) is 2. The van der Waals surface area contributed by atoms with Gasteiger partial charge in [-0.1, -0.05) is 72.4 Å². The fourth-order valence-electron chi connectivity index (χ4n) is 3.20. The van der Waals surface area contributed by atoms with Gasteiger partial charge in [0.25, 0.3) is 0 Å². The van der Waals surface area contributed by atoms with E-state index >= 15 is 0 Å². The van der Waals surface area contributed by atoms with Crippen molar-refractivity contribution in [3.05, 3.63) is 34.3 Å². The van der Waals surface area contributed by atoms with E-state index in [0.29, 0.717) is 0 Å². The Kier molecular flexibility index (Phi) is 5.96. The predicted octanol–water partition coefficient (Wildman–Crippen LogP) is 5.74. The molecule has 1 saturated heterocycles. The quantitative estimate of drug-likeness (QED) is 0.478. The molecule has 1 aromatic carbocycles. The minimum absolute atomic E-state index is 0.339. The number of rotatable bonds is 5. The normalized spacial score (nSPS) is 24.1. The molecule has 1 aliphatic rings. The van der Waals surface area contributed by atoms with E-state index < -0.39 is 0 Å². The molecule has 2 heteroatoms. The van der Waals surface area contributed by atoms with Crippen LogP contribution in [0.15, 0.2) is 28.7 Å². The highest BCUT2D eigenvalue weighted by atomic mass is 79.9. The van der Waals surface area contributed by atoms with Gasteiger partial charge in [0.1, 0.15) is 0 Å². The van der Waals surface area contributed by atoms with Crippen molar-refractivity contribution in [1.82, 2.24) is 0 Å². The molecule has 2 rings (SSSR count). The van der Waals surface area contributed by atoms with Crippen LogP contribution in [0, 0.1) is 0 Å². The van der Waals surface area contributed by atoms with Crippen molar-refractivity contribution in [2.24, 2.45) is 0 Å². The highest BCUT2D eigenvalue weighted by molar-refractivity contribution is 9.10. The van der Waals surface area contributed by atoms with Gasteiger partial charge in [0.2, 0.25) is 0 Å². The minimum Gasteiger partial charge on any atom is -0.0654 e. The topological polar surface area (TPSA) is 0 Å². The third-order valence-corrected chi connectivity index (χ3v) is 8.46. The fourth-order valence-corrected chi connectivity index (χ4v) is 6.95. The highest BCUT2D eigenvalue weighted by Crippen LogP contribution is 2.35. The van der Waals surface area contributed by atoms with Crippen LogP contribution >= 0.6 is 15.9 Å². The lowest BCUT2D eigenvalue weighted by Gasteiger charge is -2.28. The van der Waals surface area contributed by atoms with Crippen molar-refractivity contribution in [3.8, 4) is 0 Å². The smallest absolute Gasteiger partial charge is 0.0368 e. The summed E-state index contributed by atoms with van der Waals surface area (Å²) in [5.41, 5.74) is 1.57. The van der Waals surface area contributed by atoms with Crippen LogP contribution in [-0.4, -0.2) is 8.80 Å². The van der Waals surface area contributed by atoms with E-state index in [4.69, 9.17) is 0 Å². The standard InChI is InChI=1S/C16H25BrSi/c1-2-3-4-11-18-12-9-15(10-13-18)14-5-7-16(17)8-6-14/h5-8,15,18H,2-4,9-13H2,1H3/t15-,18-. The number of halogens is 1. The minimum atomic E-state index is -0.339. The molecule has 1 aliphatic heterocycles. The van der Waals surface area contributed by atoms with Gasteiger partial charge in [-0.15, -0.1) is 0 Å². The van der Waals surface area contributed by atoms with Gasteiger partial charge < -0.3 is 0 Å². The summed E-state index contributed by atoms with van der Waals surface area (Å²) in [6.45, 7) is 2.31. The van der Waals surface area contributed by atoms with Crippen LogP contribution in [0.5, 0.6) is 0 Å². The molecule has 0 bridgehead atoms. The van der Waals surface area contributed by atoms with Gasteiger partial charge in [-0.3, -0.25) is 0 Å². The molecule has 0 saturated carbocycles. The van der Waals surface area contributed by atoms with E-state index in [1.54, 1.807) is 23.7 Å². The molecule has 0 nitrogen and oxygen atoms in total. The van der Waals surface area contributed by atoms with Crippen LogP contribution in [0.3, 0.4) is 0 Å². The van der Waals surface area contributed by atoms with Gasteiger partial charge in [0.05, 0.1) is 0 Å². The first-order valence-electron chi connectivity index (χ1n) is 7.55. The van der Waals surface area contributed by atoms with Crippen LogP contribution in [0.2, 0.25) is 18.1 Å². The third kappa shape index (κ3) is 4.24. The van der Waals surface area contributed by atoms with E-state index in [-0.39, 0.29) is 8.80 Å². The van der Waals surface area contributed by atoms with E-state index in [2.05, 4.69) is 47.1 Å². The van der Waals surface area contributed by atoms with Crippen LogP contribution in [-0.2, 0) is 0 Å². The number of hydrogen-bond donors (Lipinski definition) is 0. The Balaban J connectivity index is 1.77. The van der Waals surface area contributed by atoms with Gasteiger partial charge in [-0.25, -0.2) is 0 Å². The molecule has 0 aliphatic carbocycles. The maximum atomic E-state index is 3.52. The van der Waals surface area contributed by atoms with Crippen LogP contribution < -0.4 is 0 Å². The molecule has 0 N–H and O–H groups in total. The first-order chi connectivity index (χ1) is 8.79. The molecule has 0 atom stereocenters. The average molecular weight is 325 g/mol. The summed E-state index contributed by atoms with van der Waals surface area (Å²) in [4.78, 5) is 0. The Hall–Kier alpha value is -0.0831. The fraction of sp³-hybridized carbons (Fsp3) is 0.625. The van der Waals surface area contributed by atoms with Crippen molar-refractivity contribution in [1.29, 1.82) is 0 Å². The van der Waals surface area contributed by atoms with E-state index in [1.807, 2.05) is 0 Å². The summed E-state index contributed by atoms with van der Waals surface area (Å²) in [6.07, 6.45) is 7.27. The summed E-state index contributed by atoms with van der Waals surface area (Å²) in [5.74, 6) is 0.855. The summed E-state index contributed by atoms with van der Waals surface area (Å²) in [5, 5.41) is 0. The molecule has 0 unspecified atom stereocenters. The maximum absolute atomic E-state index is 3.52. The zero-order valence-corrected chi connectivity index (χ0v) is 14.2. The first kappa shape index (κ1) is 14.3. The van der Waals surface area contributed by atoms with Gasteiger partial charge in [-0.05, 0) is 36.5 Å². The van der Waals surface area contributed by atoms with Crippen molar-refractivity contribution in [3.63, 3.8) is 0 Å². The van der Waals surface area contributed by atoms with Crippen molar-refractivity contribution < 1.29 is 0 Å². The van der Waals surface area contributed by atoms with Crippen LogP contribution in [0.4, 0.5) is 0 Å². The Morgan fingerprint density at radius 3 is 2.39 bits per heavy atom. The molecule has 1 fully saturated rings. The molecule has 1 aromatic rings. The molecule has 0 aromatic heterocycles. The Labute approximate surface area is 122 Å². The van der Waals surface area contributed by atoms with Crippen molar-refractivity contribution >= 4 is 24.7 Å². The molecular formula is C16H25BrSi. The second-order valence-corrected chi connectivity index (χ2v) is 10.1. The summed E-state index contributed by atoms with van der Waals surface area (Å²) in [6, 6.07) is 13.8. The summed E-state index contributed by atoms with van der Waals surface area (Å²) >= 11 is 3.52. The Bertz CT molecular complexity index is 339. The predicted molar refractivity (Wildman–Crippen MR) is 87.2 cm³/mol. The monoisotopic (exact) mass is 324 g/mol. The summed E-state index contributed by atoms with van der Waals surface area (Å²) < 4.78 is 1.20. The van der Waals surface area contributed by atoms with Crippen LogP contribution in [0.25, 0.3) is 0 Å². The van der Waals surface area contributed by atoms with Crippen LogP contribution in [0.1, 0.15) is 50.5 Å². The number of benzene rings is 1. The molecule has 0 amide bonds. The van der Waals surface area contributed by atoms with Gasteiger partial charge in [-0.2, -0.15) is 0 Å². The largest absolute Gasteiger partial charge is 0.0654 e. The SMILES string of the molecule is CCCCC[Si@H]1CC[C@H](c2ccc(Br)cc2)CC1.